The number of guanidine groups is 1. The Hall–Kier alpha value is -1.75. The van der Waals surface area contributed by atoms with Crippen LogP contribution in [0, 0.1) is 11.6 Å². The van der Waals surface area contributed by atoms with Crippen LogP contribution in [0.2, 0.25) is 0 Å². The van der Waals surface area contributed by atoms with E-state index in [-0.39, 0.29) is 29.9 Å². The van der Waals surface area contributed by atoms with E-state index in [1.165, 1.54) is 12.1 Å². The molecule has 2 aromatic rings. The van der Waals surface area contributed by atoms with Crippen LogP contribution in [-0.4, -0.2) is 60.2 Å². The number of aromatic nitrogens is 1. The highest BCUT2D eigenvalue weighted by molar-refractivity contribution is 14.0. The summed E-state index contributed by atoms with van der Waals surface area (Å²) in [5, 5.41) is 7.30. The average molecular weight is 519 g/mol. The number of piperazine rings is 1. The van der Waals surface area contributed by atoms with E-state index in [4.69, 9.17) is 9.52 Å². The highest BCUT2D eigenvalue weighted by Gasteiger charge is 2.20. The molecule has 29 heavy (non-hydrogen) atoms. The van der Waals surface area contributed by atoms with Crippen LogP contribution in [0.5, 0.6) is 0 Å². The van der Waals surface area contributed by atoms with Gasteiger partial charge in [0.1, 0.15) is 6.26 Å². The van der Waals surface area contributed by atoms with Crippen LogP contribution in [0.25, 0.3) is 0 Å². The molecule has 1 fully saturated rings. The molecule has 0 aliphatic carbocycles. The summed E-state index contributed by atoms with van der Waals surface area (Å²) in [5.74, 6) is -0.782. The van der Waals surface area contributed by atoms with Crippen LogP contribution in [0.1, 0.15) is 31.0 Å². The van der Waals surface area contributed by atoms with Crippen molar-refractivity contribution < 1.29 is 13.3 Å². The Morgan fingerprint density at radius 1 is 1.21 bits per heavy atom. The molecule has 1 atom stereocenters. The molecule has 2 heterocycles. The van der Waals surface area contributed by atoms with E-state index in [0.29, 0.717) is 6.54 Å². The first-order valence-corrected chi connectivity index (χ1v) is 9.66. The van der Waals surface area contributed by atoms with E-state index < -0.39 is 11.6 Å². The Morgan fingerprint density at radius 2 is 1.97 bits per heavy atom. The monoisotopic (exact) mass is 519 g/mol. The third-order valence-electron chi connectivity index (χ3n) is 4.91. The van der Waals surface area contributed by atoms with Crippen molar-refractivity contribution >= 4 is 29.9 Å². The van der Waals surface area contributed by atoms with Gasteiger partial charge in [-0.3, -0.25) is 9.89 Å². The predicted molar refractivity (Wildman–Crippen MR) is 120 cm³/mol. The zero-order valence-corrected chi connectivity index (χ0v) is 19.1. The van der Waals surface area contributed by atoms with Gasteiger partial charge < -0.3 is 14.7 Å². The van der Waals surface area contributed by atoms with Gasteiger partial charge in [0.15, 0.2) is 17.6 Å². The number of hydrogen-bond donors (Lipinski definition) is 1. The molecule has 1 aliphatic heterocycles. The molecule has 1 aliphatic rings. The minimum absolute atomic E-state index is 0. The fourth-order valence-electron chi connectivity index (χ4n) is 3.24. The molecule has 1 aromatic heterocycles. The molecular formula is C20H28F2IN5O. The molecule has 6 nitrogen and oxygen atoms in total. The molecule has 0 amide bonds. The van der Waals surface area contributed by atoms with Crippen molar-refractivity contribution in [1.29, 1.82) is 0 Å². The van der Waals surface area contributed by atoms with Crippen molar-refractivity contribution in [2.75, 3.05) is 39.3 Å². The maximum atomic E-state index is 13.5. The second-order valence-electron chi connectivity index (χ2n) is 7.02. The third-order valence-corrected chi connectivity index (χ3v) is 4.91. The van der Waals surface area contributed by atoms with Crippen LogP contribution in [-0.2, 0) is 6.54 Å². The molecule has 0 saturated carbocycles. The van der Waals surface area contributed by atoms with Gasteiger partial charge in [-0.15, -0.1) is 24.0 Å². The summed E-state index contributed by atoms with van der Waals surface area (Å²) in [5.41, 5.74) is 1.69. The second-order valence-corrected chi connectivity index (χ2v) is 7.02. The quantitative estimate of drug-likeness (QED) is 0.360. The lowest BCUT2D eigenvalue weighted by molar-refractivity contribution is 0.169. The lowest BCUT2D eigenvalue weighted by atomic mass is 10.0. The summed E-state index contributed by atoms with van der Waals surface area (Å²) in [6.07, 6.45) is 1.59. The molecule has 0 radical (unpaired) electrons. The van der Waals surface area contributed by atoms with Gasteiger partial charge >= 0.3 is 0 Å². The first-order valence-electron chi connectivity index (χ1n) is 9.66. The van der Waals surface area contributed by atoms with Gasteiger partial charge in [0.2, 0.25) is 0 Å². The first-order chi connectivity index (χ1) is 13.6. The van der Waals surface area contributed by atoms with Crippen LogP contribution in [0.15, 0.2) is 40.0 Å². The fourth-order valence-corrected chi connectivity index (χ4v) is 3.24. The SMILES string of the molecule is CCNC(=NCC(C)c1ccc(F)c(F)c1)N1CCN(Cc2ccon2)CC1.I. The number of rotatable bonds is 6. The van der Waals surface area contributed by atoms with Crippen LogP contribution >= 0.6 is 24.0 Å². The largest absolute Gasteiger partial charge is 0.364 e. The molecular weight excluding hydrogens is 491 g/mol. The molecule has 1 unspecified atom stereocenters. The molecule has 0 spiro atoms. The number of benzene rings is 1. The minimum Gasteiger partial charge on any atom is -0.364 e. The van der Waals surface area contributed by atoms with Crippen LogP contribution in [0.4, 0.5) is 8.78 Å². The molecule has 1 saturated heterocycles. The zero-order chi connectivity index (χ0) is 19.9. The van der Waals surface area contributed by atoms with Gasteiger partial charge in [0.25, 0.3) is 0 Å². The Bertz CT molecular complexity index is 779. The van der Waals surface area contributed by atoms with Crippen molar-refractivity contribution in [3.05, 3.63) is 53.4 Å². The molecule has 3 rings (SSSR count). The van der Waals surface area contributed by atoms with Crippen LogP contribution in [0.3, 0.4) is 0 Å². The number of halogens is 3. The van der Waals surface area contributed by atoms with Gasteiger partial charge in [0.05, 0.1) is 5.69 Å². The van der Waals surface area contributed by atoms with E-state index in [2.05, 4.69) is 20.3 Å². The van der Waals surface area contributed by atoms with Gasteiger partial charge in [-0.05, 0) is 24.6 Å². The van der Waals surface area contributed by atoms with Crippen molar-refractivity contribution in [3.8, 4) is 0 Å². The van der Waals surface area contributed by atoms with Gasteiger partial charge in [-0.2, -0.15) is 0 Å². The molecule has 1 aromatic carbocycles. The van der Waals surface area contributed by atoms with Crippen molar-refractivity contribution in [2.45, 2.75) is 26.3 Å². The topological polar surface area (TPSA) is 56.9 Å². The number of hydrogen-bond acceptors (Lipinski definition) is 4. The predicted octanol–water partition coefficient (Wildman–Crippen LogP) is 3.46. The first kappa shape index (κ1) is 23.5. The summed E-state index contributed by atoms with van der Waals surface area (Å²) < 4.78 is 31.5. The van der Waals surface area contributed by atoms with Crippen LogP contribution < -0.4 is 5.32 Å². The van der Waals surface area contributed by atoms with E-state index >= 15 is 0 Å². The highest BCUT2D eigenvalue weighted by atomic mass is 127. The van der Waals surface area contributed by atoms with Gasteiger partial charge in [-0.25, -0.2) is 8.78 Å². The summed E-state index contributed by atoms with van der Waals surface area (Å²) >= 11 is 0. The lowest BCUT2D eigenvalue weighted by Crippen LogP contribution is -2.52. The number of nitrogens with one attached hydrogen (secondary N) is 1. The summed E-state index contributed by atoms with van der Waals surface area (Å²) in [4.78, 5) is 9.31. The normalized spacial score (nSPS) is 16.4. The van der Waals surface area contributed by atoms with Crippen molar-refractivity contribution in [2.24, 2.45) is 4.99 Å². The van der Waals surface area contributed by atoms with E-state index in [0.717, 1.165) is 56.5 Å². The summed E-state index contributed by atoms with van der Waals surface area (Å²) in [6.45, 7) is 9.62. The Morgan fingerprint density at radius 3 is 2.59 bits per heavy atom. The van der Waals surface area contributed by atoms with Gasteiger partial charge in [-0.1, -0.05) is 18.1 Å². The van der Waals surface area contributed by atoms with Gasteiger partial charge in [0, 0.05) is 57.8 Å². The molecule has 9 heteroatoms. The molecule has 1 N–H and O–H groups in total. The maximum Gasteiger partial charge on any atom is 0.194 e. The second kappa shape index (κ2) is 11.4. The Labute approximate surface area is 187 Å². The Balaban J connectivity index is 0.00000300. The van der Waals surface area contributed by atoms with E-state index in [1.54, 1.807) is 12.3 Å². The molecule has 0 bridgehead atoms. The fraction of sp³-hybridized carbons (Fsp3) is 0.500. The minimum atomic E-state index is -0.823. The highest BCUT2D eigenvalue weighted by Crippen LogP contribution is 2.18. The van der Waals surface area contributed by atoms with E-state index in [9.17, 15) is 8.78 Å². The summed E-state index contributed by atoms with van der Waals surface area (Å²) in [6, 6.07) is 5.93. The molecule has 160 valence electrons. The third kappa shape index (κ3) is 6.63. The number of aliphatic imine (C=N–C) groups is 1. The zero-order valence-electron chi connectivity index (χ0n) is 16.8. The standard InChI is InChI=1S/C20H27F2N5O.HI/c1-3-23-20(24-13-15(2)16-4-5-18(21)19(22)12-16)27-9-7-26(8-10-27)14-17-6-11-28-25-17;/h4-6,11-12,15H,3,7-10,13-14H2,1-2H3,(H,23,24);1H. The Kier molecular flexibility index (Phi) is 9.28. The maximum absolute atomic E-state index is 13.5. The van der Waals surface area contributed by atoms with Crippen molar-refractivity contribution in [3.63, 3.8) is 0 Å². The van der Waals surface area contributed by atoms with Crippen molar-refractivity contribution in [1.82, 2.24) is 20.3 Å². The number of nitrogens with zero attached hydrogens (tertiary/aromatic N) is 4. The van der Waals surface area contributed by atoms with E-state index in [1.807, 2.05) is 19.9 Å². The lowest BCUT2D eigenvalue weighted by Gasteiger charge is -2.36. The smallest absolute Gasteiger partial charge is 0.194 e. The average Bonchev–Trinajstić information content (AvgIpc) is 3.21. The summed E-state index contributed by atoms with van der Waals surface area (Å²) in [7, 11) is 0.